The van der Waals surface area contributed by atoms with Gasteiger partial charge >= 0.3 is 0 Å². The number of aliphatic imine (C=N–C) groups is 1. The molecule has 0 amide bonds. The van der Waals surface area contributed by atoms with Gasteiger partial charge in [0.05, 0.1) is 19.8 Å². The van der Waals surface area contributed by atoms with E-state index in [4.69, 9.17) is 14.5 Å². The lowest BCUT2D eigenvalue weighted by Crippen LogP contribution is -2.46. The van der Waals surface area contributed by atoms with E-state index >= 15 is 0 Å². The average Bonchev–Trinajstić information content (AvgIpc) is 3.19. The Morgan fingerprint density at radius 2 is 1.79 bits per heavy atom. The van der Waals surface area contributed by atoms with Crippen molar-refractivity contribution in [2.24, 2.45) is 10.9 Å². The summed E-state index contributed by atoms with van der Waals surface area (Å²) in [7, 11) is 1.71. The average molecular weight is 526 g/mol. The van der Waals surface area contributed by atoms with Crippen molar-refractivity contribution in [1.29, 1.82) is 0 Å². The molecular weight excluding hydrogens is 481 g/mol. The summed E-state index contributed by atoms with van der Waals surface area (Å²) >= 11 is 0. The Morgan fingerprint density at radius 3 is 2.48 bits per heavy atom. The zero-order valence-corrected chi connectivity index (χ0v) is 21.2. The number of likely N-dealkylation sites (N-methyl/N-ethyl adjacent to an activating group) is 1. The second kappa shape index (κ2) is 16.5. The minimum atomic E-state index is 0. The highest BCUT2D eigenvalue weighted by Crippen LogP contribution is 2.16. The Balaban J connectivity index is 0.00000420. The number of halogens is 1. The van der Waals surface area contributed by atoms with E-state index in [0.29, 0.717) is 19.1 Å². The number of likely N-dealkylation sites (tertiary alicyclic amines) is 1. The predicted molar refractivity (Wildman–Crippen MR) is 132 cm³/mol. The summed E-state index contributed by atoms with van der Waals surface area (Å²) in [6.45, 7) is 17.9. The molecule has 2 aliphatic rings. The van der Waals surface area contributed by atoms with Gasteiger partial charge in [-0.25, -0.2) is 0 Å². The van der Waals surface area contributed by atoms with Crippen LogP contribution in [0.1, 0.15) is 33.1 Å². The molecule has 7 nitrogen and oxygen atoms in total. The Labute approximate surface area is 195 Å². The monoisotopic (exact) mass is 525 g/mol. The molecule has 172 valence electrons. The number of guanidine groups is 1. The van der Waals surface area contributed by atoms with E-state index in [-0.39, 0.29) is 24.0 Å². The van der Waals surface area contributed by atoms with Crippen molar-refractivity contribution in [2.45, 2.75) is 33.1 Å². The summed E-state index contributed by atoms with van der Waals surface area (Å²) in [4.78, 5) is 12.4. The first-order valence-electron chi connectivity index (χ1n) is 11.3. The topological polar surface area (TPSA) is 52.6 Å². The van der Waals surface area contributed by atoms with Crippen LogP contribution in [0.25, 0.3) is 0 Å². The van der Waals surface area contributed by atoms with Gasteiger partial charge in [0.25, 0.3) is 0 Å². The molecule has 0 aromatic rings. The molecular formula is C21H44IN5O2. The molecule has 8 heteroatoms. The van der Waals surface area contributed by atoms with Gasteiger partial charge in [0.2, 0.25) is 0 Å². The molecule has 0 aliphatic carbocycles. The second-order valence-electron chi connectivity index (χ2n) is 7.89. The molecule has 2 saturated heterocycles. The number of piperazine rings is 1. The van der Waals surface area contributed by atoms with Crippen molar-refractivity contribution >= 4 is 29.9 Å². The second-order valence-corrected chi connectivity index (χ2v) is 7.89. The molecule has 2 rings (SSSR count). The number of nitrogens with zero attached hydrogens (tertiary/aromatic N) is 4. The largest absolute Gasteiger partial charge is 0.382 e. The van der Waals surface area contributed by atoms with Gasteiger partial charge in [-0.3, -0.25) is 4.99 Å². The number of unbranched alkanes of at least 4 members (excludes halogenated alkanes) is 1. The Bertz CT molecular complexity index is 433. The highest BCUT2D eigenvalue weighted by molar-refractivity contribution is 14.0. The molecule has 2 fully saturated rings. The Kier molecular flexibility index (Phi) is 15.3. The fourth-order valence-electron chi connectivity index (χ4n) is 3.94. The molecule has 2 heterocycles. The summed E-state index contributed by atoms with van der Waals surface area (Å²) in [5.41, 5.74) is 0. The van der Waals surface area contributed by atoms with Gasteiger partial charge in [-0.2, -0.15) is 0 Å². The zero-order valence-electron chi connectivity index (χ0n) is 18.9. The fraction of sp³-hybridized carbons (Fsp3) is 0.952. The molecule has 29 heavy (non-hydrogen) atoms. The van der Waals surface area contributed by atoms with Crippen molar-refractivity contribution in [3.8, 4) is 0 Å². The van der Waals surface area contributed by atoms with Crippen LogP contribution in [0.15, 0.2) is 4.99 Å². The predicted octanol–water partition coefficient (Wildman–Crippen LogP) is 1.97. The summed E-state index contributed by atoms with van der Waals surface area (Å²) < 4.78 is 10.8. The van der Waals surface area contributed by atoms with Gasteiger partial charge in [-0.1, -0.05) is 6.92 Å². The number of hydrogen-bond acceptors (Lipinski definition) is 5. The first-order chi connectivity index (χ1) is 13.8. The zero-order chi connectivity index (χ0) is 20.0. The van der Waals surface area contributed by atoms with Crippen LogP contribution in [-0.4, -0.2) is 113 Å². The number of methoxy groups -OCH3 is 1. The normalized spacial score (nSPS) is 21.4. The lowest BCUT2D eigenvalue weighted by molar-refractivity contribution is 0.0536. The first-order valence-corrected chi connectivity index (χ1v) is 11.3. The van der Waals surface area contributed by atoms with Crippen LogP contribution in [0.3, 0.4) is 0 Å². The summed E-state index contributed by atoms with van der Waals surface area (Å²) in [5.74, 6) is 1.68. The van der Waals surface area contributed by atoms with Crippen LogP contribution < -0.4 is 5.32 Å². The molecule has 0 aromatic carbocycles. The van der Waals surface area contributed by atoms with Gasteiger partial charge in [0.15, 0.2) is 5.96 Å². The maximum Gasteiger partial charge on any atom is 0.193 e. The van der Waals surface area contributed by atoms with Gasteiger partial charge in [-0.15, -0.1) is 24.0 Å². The minimum absolute atomic E-state index is 0. The van der Waals surface area contributed by atoms with E-state index in [1.807, 2.05) is 0 Å². The van der Waals surface area contributed by atoms with E-state index in [1.165, 1.54) is 58.5 Å². The summed E-state index contributed by atoms with van der Waals surface area (Å²) in [5, 5.41) is 3.47. The van der Waals surface area contributed by atoms with Gasteiger partial charge in [0, 0.05) is 65.4 Å². The third-order valence-electron chi connectivity index (χ3n) is 5.76. The van der Waals surface area contributed by atoms with Crippen molar-refractivity contribution in [2.75, 3.05) is 92.4 Å². The standard InChI is InChI=1S/C21H43N5O2.HI/c1-4-22-21(26-11-8-20(18-26)19-28-17-16-27-3)23-9-6-7-10-25-14-12-24(5-2)13-15-25;/h20H,4-19H2,1-3H3,(H,22,23);1H. The minimum Gasteiger partial charge on any atom is -0.382 e. The Hall–Kier alpha value is -0.160. The van der Waals surface area contributed by atoms with E-state index in [2.05, 4.69) is 33.9 Å². The quantitative estimate of drug-likeness (QED) is 0.182. The van der Waals surface area contributed by atoms with Crippen molar-refractivity contribution in [3.63, 3.8) is 0 Å². The van der Waals surface area contributed by atoms with Crippen molar-refractivity contribution in [3.05, 3.63) is 0 Å². The molecule has 2 aliphatic heterocycles. The highest BCUT2D eigenvalue weighted by Gasteiger charge is 2.24. The molecule has 1 unspecified atom stereocenters. The van der Waals surface area contributed by atoms with E-state index in [1.54, 1.807) is 7.11 Å². The third kappa shape index (κ3) is 10.6. The van der Waals surface area contributed by atoms with E-state index < -0.39 is 0 Å². The maximum atomic E-state index is 5.71. The van der Waals surface area contributed by atoms with Crippen LogP contribution in [0.2, 0.25) is 0 Å². The van der Waals surface area contributed by atoms with Crippen molar-refractivity contribution in [1.82, 2.24) is 20.0 Å². The lowest BCUT2D eigenvalue weighted by atomic mass is 10.1. The number of hydrogen-bond donors (Lipinski definition) is 1. The fourth-order valence-corrected chi connectivity index (χ4v) is 3.94. The Morgan fingerprint density at radius 1 is 1.03 bits per heavy atom. The number of rotatable bonds is 12. The molecule has 0 spiro atoms. The summed E-state index contributed by atoms with van der Waals surface area (Å²) in [6, 6.07) is 0. The smallest absolute Gasteiger partial charge is 0.193 e. The van der Waals surface area contributed by atoms with Gasteiger partial charge in [0.1, 0.15) is 0 Å². The molecule has 0 saturated carbocycles. The van der Waals surface area contributed by atoms with Crippen LogP contribution in [0.5, 0.6) is 0 Å². The van der Waals surface area contributed by atoms with Crippen LogP contribution in [0.4, 0.5) is 0 Å². The first kappa shape index (κ1) is 26.9. The molecule has 0 aromatic heterocycles. The molecule has 0 radical (unpaired) electrons. The lowest BCUT2D eigenvalue weighted by Gasteiger charge is -2.33. The van der Waals surface area contributed by atoms with Crippen LogP contribution >= 0.6 is 24.0 Å². The van der Waals surface area contributed by atoms with E-state index in [0.717, 1.165) is 38.7 Å². The molecule has 0 bridgehead atoms. The van der Waals surface area contributed by atoms with Crippen LogP contribution in [-0.2, 0) is 9.47 Å². The SMILES string of the molecule is CCNC(=NCCCCN1CCN(CC)CC1)N1CCC(COCCOC)C1.I. The van der Waals surface area contributed by atoms with Crippen LogP contribution in [0, 0.1) is 5.92 Å². The maximum absolute atomic E-state index is 5.71. The molecule has 1 N–H and O–H groups in total. The van der Waals surface area contributed by atoms with Crippen molar-refractivity contribution < 1.29 is 9.47 Å². The van der Waals surface area contributed by atoms with Gasteiger partial charge < -0.3 is 29.5 Å². The van der Waals surface area contributed by atoms with E-state index in [9.17, 15) is 0 Å². The number of nitrogens with one attached hydrogen (secondary N) is 1. The number of ether oxygens (including phenoxy) is 2. The molecule has 1 atom stereocenters. The highest BCUT2D eigenvalue weighted by atomic mass is 127. The summed E-state index contributed by atoms with van der Waals surface area (Å²) in [6.07, 6.45) is 3.59. The van der Waals surface area contributed by atoms with Gasteiger partial charge in [-0.05, 0) is 39.3 Å². The third-order valence-corrected chi connectivity index (χ3v) is 5.76.